The lowest BCUT2D eigenvalue weighted by molar-refractivity contribution is -0.255. The SMILES string of the molecule is O=C(ON1CCCC(F)(F)C1)C(F)(F)F. The average molecular weight is 233 g/mol. The van der Waals surface area contributed by atoms with E-state index in [-0.39, 0.29) is 13.0 Å². The van der Waals surface area contributed by atoms with Crippen molar-refractivity contribution < 1.29 is 31.6 Å². The Morgan fingerprint density at radius 2 is 1.93 bits per heavy atom. The van der Waals surface area contributed by atoms with Crippen LogP contribution in [-0.4, -0.2) is 36.2 Å². The van der Waals surface area contributed by atoms with Gasteiger partial charge in [-0.2, -0.15) is 13.2 Å². The molecule has 0 aliphatic carbocycles. The molecular weight excluding hydrogens is 225 g/mol. The average Bonchev–Trinajstić information content (AvgIpc) is 2.00. The topological polar surface area (TPSA) is 29.5 Å². The first-order valence-electron chi connectivity index (χ1n) is 4.13. The second-order valence-corrected chi connectivity index (χ2v) is 3.20. The Kier molecular flexibility index (Phi) is 3.17. The van der Waals surface area contributed by atoms with Crippen molar-refractivity contribution in [2.24, 2.45) is 0 Å². The minimum absolute atomic E-state index is 0.0157. The van der Waals surface area contributed by atoms with Crippen LogP contribution in [0.2, 0.25) is 0 Å². The number of carbonyl (C=O) groups is 1. The van der Waals surface area contributed by atoms with E-state index in [0.717, 1.165) is 0 Å². The number of hydroxylamine groups is 2. The van der Waals surface area contributed by atoms with E-state index in [1.807, 2.05) is 0 Å². The summed E-state index contributed by atoms with van der Waals surface area (Å²) in [5.74, 6) is -5.58. The minimum atomic E-state index is -5.16. The molecule has 1 aliphatic rings. The van der Waals surface area contributed by atoms with Gasteiger partial charge in [0.15, 0.2) is 0 Å². The summed E-state index contributed by atoms with van der Waals surface area (Å²) in [7, 11) is 0. The second-order valence-electron chi connectivity index (χ2n) is 3.20. The zero-order valence-electron chi connectivity index (χ0n) is 7.48. The molecule has 0 unspecified atom stereocenters. The van der Waals surface area contributed by atoms with Crippen molar-refractivity contribution >= 4 is 5.97 Å². The van der Waals surface area contributed by atoms with Crippen LogP contribution in [0.25, 0.3) is 0 Å². The molecular formula is C7H8F5NO2. The van der Waals surface area contributed by atoms with E-state index in [1.54, 1.807) is 0 Å². The Morgan fingerprint density at radius 3 is 2.40 bits per heavy atom. The lowest BCUT2D eigenvalue weighted by Crippen LogP contribution is -2.45. The molecule has 88 valence electrons. The Hall–Kier alpha value is -0.920. The highest BCUT2D eigenvalue weighted by Crippen LogP contribution is 2.27. The second kappa shape index (κ2) is 3.92. The molecule has 0 aromatic heterocycles. The van der Waals surface area contributed by atoms with Gasteiger partial charge in [-0.1, -0.05) is 0 Å². The van der Waals surface area contributed by atoms with Crippen molar-refractivity contribution in [3.63, 3.8) is 0 Å². The summed E-state index contributed by atoms with van der Waals surface area (Å²) in [6.07, 6.45) is -5.59. The molecule has 1 aliphatic heterocycles. The van der Waals surface area contributed by atoms with Crippen LogP contribution >= 0.6 is 0 Å². The molecule has 0 aromatic carbocycles. The number of nitrogens with zero attached hydrogens (tertiary/aromatic N) is 1. The predicted octanol–water partition coefficient (Wildman–Crippen LogP) is 1.74. The van der Waals surface area contributed by atoms with Gasteiger partial charge in [0.1, 0.15) is 0 Å². The van der Waals surface area contributed by atoms with Gasteiger partial charge in [-0.25, -0.2) is 13.6 Å². The number of hydrogen-bond donors (Lipinski definition) is 0. The molecule has 1 saturated heterocycles. The van der Waals surface area contributed by atoms with Crippen LogP contribution in [0, 0.1) is 0 Å². The van der Waals surface area contributed by atoms with Gasteiger partial charge in [0, 0.05) is 13.0 Å². The smallest absolute Gasteiger partial charge is 0.361 e. The van der Waals surface area contributed by atoms with Gasteiger partial charge >= 0.3 is 12.1 Å². The van der Waals surface area contributed by atoms with Crippen LogP contribution in [0.5, 0.6) is 0 Å². The third-order valence-corrected chi connectivity index (χ3v) is 1.80. The van der Waals surface area contributed by atoms with Gasteiger partial charge in [-0.05, 0) is 6.42 Å². The third-order valence-electron chi connectivity index (χ3n) is 1.80. The van der Waals surface area contributed by atoms with Gasteiger partial charge < -0.3 is 4.84 Å². The van der Waals surface area contributed by atoms with Crippen LogP contribution in [0.1, 0.15) is 12.8 Å². The molecule has 8 heteroatoms. The Balaban J connectivity index is 2.49. The number of alkyl halides is 5. The number of piperidine rings is 1. The zero-order valence-corrected chi connectivity index (χ0v) is 7.48. The fourth-order valence-electron chi connectivity index (χ4n) is 1.18. The highest BCUT2D eigenvalue weighted by atomic mass is 19.4. The Morgan fingerprint density at radius 1 is 1.33 bits per heavy atom. The molecule has 1 rings (SSSR count). The highest BCUT2D eigenvalue weighted by molar-refractivity contribution is 5.75. The number of carbonyl (C=O) groups excluding carboxylic acids is 1. The first-order chi connectivity index (χ1) is 6.71. The van der Waals surface area contributed by atoms with E-state index >= 15 is 0 Å². The number of hydrogen-bond acceptors (Lipinski definition) is 3. The van der Waals surface area contributed by atoms with E-state index in [2.05, 4.69) is 4.84 Å². The summed E-state index contributed by atoms with van der Waals surface area (Å²) in [5.41, 5.74) is 0. The molecule has 0 N–H and O–H groups in total. The zero-order chi connectivity index (χ0) is 11.7. The van der Waals surface area contributed by atoms with Crippen LogP contribution in [0.15, 0.2) is 0 Å². The van der Waals surface area contributed by atoms with Crippen LogP contribution < -0.4 is 0 Å². The lowest BCUT2D eigenvalue weighted by atomic mass is 10.1. The molecule has 3 nitrogen and oxygen atoms in total. The maximum absolute atomic E-state index is 12.7. The van der Waals surface area contributed by atoms with Crippen molar-refractivity contribution in [3.05, 3.63) is 0 Å². The maximum atomic E-state index is 12.7. The minimum Gasteiger partial charge on any atom is -0.361 e. The van der Waals surface area contributed by atoms with E-state index < -0.39 is 31.0 Å². The summed E-state index contributed by atoms with van der Waals surface area (Å²) < 4.78 is 60.5. The van der Waals surface area contributed by atoms with Gasteiger partial charge in [-0.15, -0.1) is 5.06 Å². The van der Waals surface area contributed by atoms with Crippen LogP contribution in [0.3, 0.4) is 0 Å². The fourth-order valence-corrected chi connectivity index (χ4v) is 1.18. The molecule has 1 heterocycles. The first kappa shape index (κ1) is 12.2. The first-order valence-corrected chi connectivity index (χ1v) is 4.13. The summed E-state index contributed by atoms with van der Waals surface area (Å²) in [6, 6.07) is 0. The molecule has 0 spiro atoms. The van der Waals surface area contributed by atoms with Crippen LogP contribution in [-0.2, 0) is 9.63 Å². The monoisotopic (exact) mass is 233 g/mol. The molecule has 0 bridgehead atoms. The molecule has 0 atom stereocenters. The quantitative estimate of drug-likeness (QED) is 0.646. The summed E-state index contributed by atoms with van der Waals surface area (Å²) in [6.45, 7) is -1.10. The Labute approximate surface area is 81.7 Å². The molecule has 0 aromatic rings. The molecule has 0 amide bonds. The maximum Gasteiger partial charge on any atom is 0.492 e. The normalized spacial score (nSPS) is 22.5. The summed E-state index contributed by atoms with van der Waals surface area (Å²) in [4.78, 5) is 14.1. The van der Waals surface area contributed by atoms with Gasteiger partial charge in [-0.3, -0.25) is 0 Å². The third kappa shape index (κ3) is 3.61. The summed E-state index contributed by atoms with van der Waals surface area (Å²) >= 11 is 0. The van der Waals surface area contributed by atoms with Crippen molar-refractivity contribution in [2.75, 3.05) is 13.1 Å². The molecule has 15 heavy (non-hydrogen) atoms. The van der Waals surface area contributed by atoms with Gasteiger partial charge in [0.2, 0.25) is 0 Å². The van der Waals surface area contributed by atoms with Crippen molar-refractivity contribution in [1.29, 1.82) is 0 Å². The number of rotatable bonds is 1. The largest absolute Gasteiger partial charge is 0.492 e. The van der Waals surface area contributed by atoms with E-state index in [4.69, 9.17) is 0 Å². The van der Waals surface area contributed by atoms with E-state index in [1.165, 1.54) is 0 Å². The number of halogens is 5. The van der Waals surface area contributed by atoms with Crippen LogP contribution in [0.4, 0.5) is 22.0 Å². The van der Waals surface area contributed by atoms with E-state index in [0.29, 0.717) is 5.06 Å². The van der Waals surface area contributed by atoms with Gasteiger partial charge in [0.25, 0.3) is 5.92 Å². The van der Waals surface area contributed by atoms with E-state index in [9.17, 15) is 26.7 Å². The van der Waals surface area contributed by atoms with Crippen molar-refractivity contribution in [1.82, 2.24) is 5.06 Å². The Bertz CT molecular complexity index is 252. The predicted molar refractivity (Wildman–Crippen MR) is 37.9 cm³/mol. The highest BCUT2D eigenvalue weighted by Gasteiger charge is 2.45. The van der Waals surface area contributed by atoms with Gasteiger partial charge in [0.05, 0.1) is 6.54 Å². The standard InChI is InChI=1S/C7H8F5NO2/c8-6(9)2-1-3-13(4-6)15-5(14)7(10,11)12/h1-4H2. The molecule has 0 saturated carbocycles. The van der Waals surface area contributed by atoms with Crippen molar-refractivity contribution in [2.45, 2.75) is 24.9 Å². The summed E-state index contributed by atoms with van der Waals surface area (Å²) in [5, 5.41) is 0.347. The molecule has 1 fully saturated rings. The molecule has 0 radical (unpaired) electrons. The lowest BCUT2D eigenvalue weighted by Gasteiger charge is -2.30. The fraction of sp³-hybridized carbons (Fsp3) is 0.857. The van der Waals surface area contributed by atoms with Crippen molar-refractivity contribution in [3.8, 4) is 0 Å².